The molecule has 114 valence electrons. The van der Waals surface area contributed by atoms with Gasteiger partial charge in [0, 0.05) is 43.4 Å². The van der Waals surface area contributed by atoms with Gasteiger partial charge in [0.1, 0.15) is 0 Å². The molecule has 3 rings (SSSR count). The van der Waals surface area contributed by atoms with Crippen LogP contribution < -0.4 is 15.5 Å². The highest BCUT2D eigenvalue weighted by molar-refractivity contribution is 5.89. The van der Waals surface area contributed by atoms with Crippen LogP contribution in [0.5, 0.6) is 0 Å². The van der Waals surface area contributed by atoms with E-state index in [1.165, 1.54) is 18.5 Å². The fourth-order valence-corrected chi connectivity index (χ4v) is 2.59. The van der Waals surface area contributed by atoms with Crippen molar-refractivity contribution < 1.29 is 4.79 Å². The van der Waals surface area contributed by atoms with Crippen LogP contribution in [0.25, 0.3) is 0 Å². The second-order valence-corrected chi connectivity index (χ2v) is 5.40. The number of anilines is 2. The van der Waals surface area contributed by atoms with E-state index < -0.39 is 0 Å². The average Bonchev–Trinajstić information content (AvgIpc) is 3.09. The molecule has 2 N–H and O–H groups in total. The SMILES string of the molecule is O=C(NCc1ccncc1)Nc1ccc(N2CCCC2)cc1. The van der Waals surface area contributed by atoms with Crippen LogP contribution in [0, 0.1) is 0 Å². The summed E-state index contributed by atoms with van der Waals surface area (Å²) in [6.45, 7) is 2.73. The van der Waals surface area contributed by atoms with Crippen LogP contribution >= 0.6 is 0 Å². The molecular weight excluding hydrogens is 276 g/mol. The first-order valence-corrected chi connectivity index (χ1v) is 7.60. The zero-order valence-corrected chi connectivity index (χ0v) is 12.5. The lowest BCUT2D eigenvalue weighted by Gasteiger charge is -2.17. The Morgan fingerprint density at radius 3 is 2.41 bits per heavy atom. The van der Waals surface area contributed by atoms with Gasteiger partial charge < -0.3 is 15.5 Å². The molecule has 1 aliphatic heterocycles. The number of hydrogen-bond acceptors (Lipinski definition) is 3. The standard InChI is InChI=1S/C17H20N4O/c22-17(19-13-14-7-9-18-10-8-14)20-15-3-5-16(6-4-15)21-11-1-2-12-21/h3-10H,1-2,11-13H2,(H2,19,20,22). The van der Waals surface area contributed by atoms with Gasteiger partial charge in [0.05, 0.1) is 0 Å². The maximum atomic E-state index is 11.9. The summed E-state index contributed by atoms with van der Waals surface area (Å²) in [7, 11) is 0. The van der Waals surface area contributed by atoms with Crippen molar-refractivity contribution in [3.63, 3.8) is 0 Å². The van der Waals surface area contributed by atoms with Crippen LogP contribution in [0.4, 0.5) is 16.2 Å². The summed E-state index contributed by atoms with van der Waals surface area (Å²) in [5.74, 6) is 0. The lowest BCUT2D eigenvalue weighted by molar-refractivity contribution is 0.251. The van der Waals surface area contributed by atoms with Crippen molar-refractivity contribution in [2.45, 2.75) is 19.4 Å². The first kappa shape index (κ1) is 14.4. The summed E-state index contributed by atoms with van der Waals surface area (Å²) >= 11 is 0. The van der Waals surface area contributed by atoms with E-state index in [-0.39, 0.29) is 6.03 Å². The minimum absolute atomic E-state index is 0.203. The highest BCUT2D eigenvalue weighted by Crippen LogP contribution is 2.21. The molecule has 1 aromatic heterocycles. The normalized spacial score (nSPS) is 13.9. The summed E-state index contributed by atoms with van der Waals surface area (Å²) in [4.78, 5) is 18.2. The number of nitrogens with one attached hydrogen (secondary N) is 2. The van der Waals surface area contributed by atoms with E-state index in [0.717, 1.165) is 24.3 Å². The van der Waals surface area contributed by atoms with E-state index in [4.69, 9.17) is 0 Å². The maximum absolute atomic E-state index is 11.9. The zero-order valence-electron chi connectivity index (χ0n) is 12.5. The van der Waals surface area contributed by atoms with Crippen molar-refractivity contribution in [2.24, 2.45) is 0 Å². The molecule has 2 amide bonds. The van der Waals surface area contributed by atoms with Crippen molar-refractivity contribution in [3.8, 4) is 0 Å². The van der Waals surface area contributed by atoms with E-state index in [1.54, 1.807) is 12.4 Å². The lowest BCUT2D eigenvalue weighted by atomic mass is 10.2. The maximum Gasteiger partial charge on any atom is 0.319 e. The summed E-state index contributed by atoms with van der Waals surface area (Å²) in [6, 6.07) is 11.6. The molecule has 0 saturated carbocycles. The quantitative estimate of drug-likeness (QED) is 0.912. The van der Waals surface area contributed by atoms with Gasteiger partial charge in [-0.05, 0) is 54.8 Å². The number of rotatable bonds is 4. The number of hydrogen-bond donors (Lipinski definition) is 2. The molecule has 2 aromatic rings. The molecule has 0 radical (unpaired) electrons. The topological polar surface area (TPSA) is 57.3 Å². The first-order chi connectivity index (χ1) is 10.8. The number of nitrogens with zero attached hydrogens (tertiary/aromatic N) is 2. The Hall–Kier alpha value is -2.56. The number of benzene rings is 1. The highest BCUT2D eigenvalue weighted by Gasteiger charge is 2.12. The van der Waals surface area contributed by atoms with Crippen LogP contribution in [-0.2, 0) is 6.54 Å². The number of amides is 2. The second-order valence-electron chi connectivity index (χ2n) is 5.40. The van der Waals surface area contributed by atoms with Gasteiger partial charge in [-0.25, -0.2) is 4.79 Å². The summed E-state index contributed by atoms with van der Waals surface area (Å²) < 4.78 is 0. The third kappa shape index (κ3) is 3.75. The van der Waals surface area contributed by atoms with Crippen LogP contribution in [0.3, 0.4) is 0 Å². The summed E-state index contributed by atoms with van der Waals surface area (Å²) in [6.07, 6.45) is 5.95. The monoisotopic (exact) mass is 296 g/mol. The van der Waals surface area contributed by atoms with Gasteiger partial charge in [0.15, 0.2) is 0 Å². The van der Waals surface area contributed by atoms with Crippen LogP contribution in [0.15, 0.2) is 48.8 Å². The fourth-order valence-electron chi connectivity index (χ4n) is 2.59. The largest absolute Gasteiger partial charge is 0.372 e. The van der Waals surface area contributed by atoms with Crippen molar-refractivity contribution in [1.82, 2.24) is 10.3 Å². The summed E-state index contributed by atoms with van der Waals surface area (Å²) in [5.41, 5.74) is 3.05. The molecule has 5 nitrogen and oxygen atoms in total. The fraction of sp³-hybridized carbons (Fsp3) is 0.294. The van der Waals surface area contributed by atoms with Gasteiger partial charge in [-0.2, -0.15) is 0 Å². The Labute approximate surface area is 130 Å². The highest BCUT2D eigenvalue weighted by atomic mass is 16.2. The molecule has 0 aliphatic carbocycles. The van der Waals surface area contributed by atoms with Gasteiger partial charge in [-0.15, -0.1) is 0 Å². The van der Waals surface area contributed by atoms with Crippen LogP contribution in [0.2, 0.25) is 0 Å². The molecule has 5 heteroatoms. The number of carbonyl (C=O) groups excluding carboxylic acids is 1. The Morgan fingerprint density at radius 2 is 1.73 bits per heavy atom. The Balaban J connectivity index is 1.50. The zero-order chi connectivity index (χ0) is 15.2. The van der Waals surface area contributed by atoms with E-state index in [1.807, 2.05) is 24.3 Å². The molecular formula is C17H20N4O. The molecule has 1 fully saturated rings. The van der Waals surface area contributed by atoms with Gasteiger partial charge in [-0.3, -0.25) is 4.98 Å². The molecule has 0 atom stereocenters. The van der Waals surface area contributed by atoms with Crippen molar-refractivity contribution in [1.29, 1.82) is 0 Å². The lowest BCUT2D eigenvalue weighted by Crippen LogP contribution is -2.28. The molecule has 1 aliphatic rings. The second kappa shape index (κ2) is 6.93. The molecule has 0 spiro atoms. The van der Waals surface area contributed by atoms with E-state index >= 15 is 0 Å². The molecule has 22 heavy (non-hydrogen) atoms. The van der Waals surface area contributed by atoms with Crippen molar-refractivity contribution in [3.05, 3.63) is 54.4 Å². The molecule has 2 heterocycles. The Morgan fingerprint density at radius 1 is 1.05 bits per heavy atom. The molecule has 0 unspecified atom stereocenters. The number of aromatic nitrogens is 1. The average molecular weight is 296 g/mol. The first-order valence-electron chi connectivity index (χ1n) is 7.60. The third-order valence-corrected chi connectivity index (χ3v) is 3.80. The van der Waals surface area contributed by atoms with E-state index in [2.05, 4.69) is 32.7 Å². The molecule has 0 bridgehead atoms. The van der Waals surface area contributed by atoms with Gasteiger partial charge in [0.25, 0.3) is 0 Å². The Kier molecular flexibility index (Phi) is 4.53. The minimum Gasteiger partial charge on any atom is -0.372 e. The molecule has 1 aromatic carbocycles. The molecule has 1 saturated heterocycles. The van der Waals surface area contributed by atoms with Crippen molar-refractivity contribution >= 4 is 17.4 Å². The summed E-state index contributed by atoms with van der Waals surface area (Å²) in [5, 5.41) is 5.67. The van der Waals surface area contributed by atoms with Gasteiger partial charge in [0.2, 0.25) is 0 Å². The number of carbonyl (C=O) groups is 1. The minimum atomic E-state index is -0.203. The smallest absolute Gasteiger partial charge is 0.319 e. The number of urea groups is 1. The van der Waals surface area contributed by atoms with E-state index in [9.17, 15) is 4.79 Å². The van der Waals surface area contributed by atoms with Gasteiger partial charge in [-0.1, -0.05) is 0 Å². The predicted molar refractivity (Wildman–Crippen MR) is 88.0 cm³/mol. The van der Waals surface area contributed by atoms with Crippen LogP contribution in [0.1, 0.15) is 18.4 Å². The number of pyridine rings is 1. The predicted octanol–water partition coefficient (Wildman–Crippen LogP) is 3.00. The van der Waals surface area contributed by atoms with E-state index in [0.29, 0.717) is 6.54 Å². The van der Waals surface area contributed by atoms with Gasteiger partial charge >= 0.3 is 6.03 Å². The third-order valence-electron chi connectivity index (χ3n) is 3.80. The van der Waals surface area contributed by atoms with Crippen LogP contribution in [-0.4, -0.2) is 24.1 Å². The van der Waals surface area contributed by atoms with Crippen molar-refractivity contribution in [2.75, 3.05) is 23.3 Å². The Bertz CT molecular complexity index is 606.